The summed E-state index contributed by atoms with van der Waals surface area (Å²) in [5, 5.41) is 5.42. The van der Waals surface area contributed by atoms with Crippen LogP contribution in [0.15, 0.2) is 47.8 Å². The highest BCUT2D eigenvalue weighted by Crippen LogP contribution is 2.30. The molecule has 2 aromatic carbocycles. The number of nitrogens with one attached hydrogen (secondary N) is 1. The predicted molar refractivity (Wildman–Crippen MR) is 129 cm³/mol. The van der Waals surface area contributed by atoms with Gasteiger partial charge in [-0.1, -0.05) is 19.4 Å². The van der Waals surface area contributed by atoms with Crippen LogP contribution in [0.4, 0.5) is 5.13 Å². The molecule has 0 aliphatic rings. The number of carbonyl (C=O) groups excluding carboxylic acids is 1. The lowest BCUT2D eigenvalue weighted by Gasteiger charge is -2.13. The van der Waals surface area contributed by atoms with Crippen LogP contribution < -0.4 is 19.5 Å². The summed E-state index contributed by atoms with van der Waals surface area (Å²) in [7, 11) is 1.64. The van der Waals surface area contributed by atoms with Gasteiger partial charge in [-0.05, 0) is 61.7 Å². The molecular weight excluding hydrogens is 424 g/mol. The monoisotopic (exact) mass is 454 g/mol. The number of hydrogen-bond donors (Lipinski definition) is 1. The van der Waals surface area contributed by atoms with E-state index in [2.05, 4.69) is 17.2 Å². The molecule has 0 aliphatic heterocycles. The molecule has 32 heavy (non-hydrogen) atoms. The van der Waals surface area contributed by atoms with E-state index >= 15 is 0 Å². The van der Waals surface area contributed by atoms with E-state index in [4.69, 9.17) is 14.2 Å². The first kappa shape index (κ1) is 23.6. The molecule has 0 spiro atoms. The van der Waals surface area contributed by atoms with E-state index in [0.29, 0.717) is 31.2 Å². The van der Waals surface area contributed by atoms with Crippen molar-refractivity contribution >= 4 is 22.4 Å². The van der Waals surface area contributed by atoms with E-state index in [1.54, 1.807) is 7.11 Å². The molecule has 170 valence electrons. The third kappa shape index (κ3) is 6.72. The van der Waals surface area contributed by atoms with E-state index in [1.165, 1.54) is 11.3 Å². The number of aromatic nitrogens is 1. The smallest absolute Gasteiger partial charge is 0.226 e. The lowest BCUT2D eigenvalue weighted by Crippen LogP contribution is -2.12. The van der Waals surface area contributed by atoms with Crippen LogP contribution >= 0.6 is 11.3 Å². The molecule has 3 rings (SSSR count). The first-order valence-electron chi connectivity index (χ1n) is 10.9. The standard InChI is InChI=1S/C25H30N2O4S/c1-4-6-15-31-22-13-7-18(16-23(22)30-5-2)8-14-24(28)27-25-26-21(17-32-25)19-9-11-20(29-3)12-10-19/h7,9-13,16-17H,4-6,8,14-15H2,1-3H3,(H,26,27,28). The van der Waals surface area contributed by atoms with Gasteiger partial charge >= 0.3 is 0 Å². The second kappa shape index (κ2) is 12.1. The van der Waals surface area contributed by atoms with Gasteiger partial charge in [0.05, 0.1) is 26.0 Å². The summed E-state index contributed by atoms with van der Waals surface area (Å²) in [5.74, 6) is 2.21. The highest BCUT2D eigenvalue weighted by Gasteiger charge is 2.11. The van der Waals surface area contributed by atoms with Crippen molar-refractivity contribution in [1.82, 2.24) is 4.98 Å². The first-order chi connectivity index (χ1) is 15.6. The summed E-state index contributed by atoms with van der Waals surface area (Å²) in [5.41, 5.74) is 2.84. The van der Waals surface area contributed by atoms with Crippen LogP contribution in [-0.2, 0) is 11.2 Å². The Morgan fingerprint density at radius 1 is 1.06 bits per heavy atom. The number of aryl methyl sites for hydroxylation is 1. The van der Waals surface area contributed by atoms with Gasteiger partial charge in [-0.2, -0.15) is 0 Å². The maximum Gasteiger partial charge on any atom is 0.226 e. The molecule has 1 amide bonds. The quantitative estimate of drug-likeness (QED) is 0.342. The number of hydrogen-bond acceptors (Lipinski definition) is 6. The number of thiazole rings is 1. The lowest BCUT2D eigenvalue weighted by molar-refractivity contribution is -0.116. The van der Waals surface area contributed by atoms with Gasteiger partial charge in [-0.25, -0.2) is 4.98 Å². The number of amides is 1. The van der Waals surface area contributed by atoms with Crippen LogP contribution in [0.25, 0.3) is 11.3 Å². The molecular formula is C25H30N2O4S. The number of unbranched alkanes of at least 4 members (excludes halogenated alkanes) is 1. The van der Waals surface area contributed by atoms with E-state index < -0.39 is 0 Å². The molecule has 7 heteroatoms. The fraction of sp³-hybridized carbons (Fsp3) is 0.360. The van der Waals surface area contributed by atoms with Gasteiger partial charge in [0.2, 0.25) is 5.91 Å². The molecule has 0 atom stereocenters. The van der Waals surface area contributed by atoms with Crippen molar-refractivity contribution in [2.75, 3.05) is 25.6 Å². The second-order valence-electron chi connectivity index (χ2n) is 7.23. The molecule has 0 radical (unpaired) electrons. The Morgan fingerprint density at radius 3 is 2.59 bits per heavy atom. The minimum Gasteiger partial charge on any atom is -0.497 e. The number of anilines is 1. The van der Waals surface area contributed by atoms with Gasteiger partial charge in [0, 0.05) is 17.4 Å². The van der Waals surface area contributed by atoms with Gasteiger partial charge < -0.3 is 19.5 Å². The molecule has 1 N–H and O–H groups in total. The Balaban J connectivity index is 1.55. The Morgan fingerprint density at radius 2 is 1.88 bits per heavy atom. The fourth-order valence-corrected chi connectivity index (χ4v) is 3.82. The van der Waals surface area contributed by atoms with E-state index in [0.717, 1.165) is 46.9 Å². The lowest BCUT2D eigenvalue weighted by atomic mass is 10.1. The zero-order chi connectivity index (χ0) is 22.8. The van der Waals surface area contributed by atoms with Gasteiger partial charge in [-0.3, -0.25) is 4.79 Å². The maximum absolute atomic E-state index is 12.5. The molecule has 0 unspecified atom stereocenters. The summed E-state index contributed by atoms with van der Waals surface area (Å²) in [4.78, 5) is 17.0. The van der Waals surface area contributed by atoms with Gasteiger partial charge in [0.1, 0.15) is 5.75 Å². The molecule has 0 fully saturated rings. The highest BCUT2D eigenvalue weighted by molar-refractivity contribution is 7.14. The third-order valence-electron chi connectivity index (χ3n) is 4.84. The zero-order valence-electron chi connectivity index (χ0n) is 18.8. The maximum atomic E-state index is 12.5. The zero-order valence-corrected chi connectivity index (χ0v) is 19.7. The molecule has 0 saturated carbocycles. The Hall–Kier alpha value is -3.06. The fourth-order valence-electron chi connectivity index (χ4n) is 3.09. The van der Waals surface area contributed by atoms with Gasteiger partial charge in [0.25, 0.3) is 0 Å². The summed E-state index contributed by atoms with van der Waals surface area (Å²) < 4.78 is 16.7. The van der Waals surface area contributed by atoms with E-state index in [-0.39, 0.29) is 5.91 Å². The Bertz CT molecular complexity index is 1000. The van der Waals surface area contributed by atoms with Crippen molar-refractivity contribution < 1.29 is 19.0 Å². The van der Waals surface area contributed by atoms with Gasteiger partial charge in [0.15, 0.2) is 16.6 Å². The molecule has 0 bridgehead atoms. The van der Waals surface area contributed by atoms with Crippen molar-refractivity contribution in [3.8, 4) is 28.5 Å². The average molecular weight is 455 g/mol. The SMILES string of the molecule is CCCCOc1ccc(CCC(=O)Nc2nc(-c3ccc(OC)cc3)cs2)cc1OCC. The summed E-state index contributed by atoms with van der Waals surface area (Å²) in [6.45, 7) is 5.32. The Labute approximate surface area is 193 Å². The summed E-state index contributed by atoms with van der Waals surface area (Å²) in [6.07, 6.45) is 3.05. The molecule has 3 aromatic rings. The van der Waals surface area contributed by atoms with Crippen LogP contribution in [0.1, 0.15) is 38.7 Å². The summed E-state index contributed by atoms with van der Waals surface area (Å²) in [6, 6.07) is 13.6. The predicted octanol–water partition coefficient (Wildman–Crippen LogP) is 5.97. The molecule has 0 saturated heterocycles. The van der Waals surface area contributed by atoms with Crippen LogP contribution in [0.5, 0.6) is 17.2 Å². The van der Waals surface area contributed by atoms with Crippen molar-refractivity contribution in [3.63, 3.8) is 0 Å². The van der Waals surface area contributed by atoms with Gasteiger partial charge in [-0.15, -0.1) is 11.3 Å². The number of rotatable bonds is 12. The minimum absolute atomic E-state index is 0.0677. The summed E-state index contributed by atoms with van der Waals surface area (Å²) >= 11 is 1.41. The normalized spacial score (nSPS) is 10.6. The largest absolute Gasteiger partial charge is 0.497 e. The van der Waals surface area contributed by atoms with E-state index in [9.17, 15) is 4.79 Å². The van der Waals surface area contributed by atoms with Crippen LogP contribution in [0.3, 0.4) is 0 Å². The molecule has 1 aromatic heterocycles. The van der Waals surface area contributed by atoms with Crippen molar-refractivity contribution in [2.45, 2.75) is 39.5 Å². The number of benzene rings is 2. The van der Waals surface area contributed by atoms with Crippen LogP contribution in [0, 0.1) is 0 Å². The average Bonchev–Trinajstić information content (AvgIpc) is 3.27. The van der Waals surface area contributed by atoms with Crippen molar-refractivity contribution in [3.05, 3.63) is 53.4 Å². The van der Waals surface area contributed by atoms with Crippen LogP contribution in [-0.4, -0.2) is 31.2 Å². The minimum atomic E-state index is -0.0677. The second-order valence-corrected chi connectivity index (χ2v) is 8.09. The number of carbonyl (C=O) groups is 1. The number of nitrogens with zero attached hydrogens (tertiary/aromatic N) is 1. The highest BCUT2D eigenvalue weighted by atomic mass is 32.1. The Kier molecular flexibility index (Phi) is 8.92. The number of methoxy groups -OCH3 is 1. The van der Waals surface area contributed by atoms with Crippen molar-refractivity contribution in [1.29, 1.82) is 0 Å². The molecule has 0 aliphatic carbocycles. The molecule has 1 heterocycles. The van der Waals surface area contributed by atoms with E-state index in [1.807, 2.05) is 54.8 Å². The van der Waals surface area contributed by atoms with Crippen LogP contribution in [0.2, 0.25) is 0 Å². The first-order valence-corrected chi connectivity index (χ1v) is 11.8. The number of ether oxygens (including phenoxy) is 3. The third-order valence-corrected chi connectivity index (χ3v) is 5.60. The molecule has 6 nitrogen and oxygen atoms in total. The topological polar surface area (TPSA) is 69.7 Å². The van der Waals surface area contributed by atoms with Crippen molar-refractivity contribution in [2.24, 2.45) is 0 Å².